The summed E-state index contributed by atoms with van der Waals surface area (Å²) in [5.41, 5.74) is 6.03. The lowest BCUT2D eigenvalue weighted by Gasteiger charge is -2.19. The first-order valence-corrected chi connectivity index (χ1v) is 5.07. The van der Waals surface area contributed by atoms with Gasteiger partial charge in [-0.1, -0.05) is 6.07 Å². The summed E-state index contributed by atoms with van der Waals surface area (Å²) in [6.45, 7) is 5.45. The maximum atomic E-state index is 11.5. The molecule has 0 fully saturated rings. The van der Waals surface area contributed by atoms with Crippen LogP contribution in [0.25, 0.3) is 0 Å². The molecule has 0 aliphatic carbocycles. The molecule has 0 saturated heterocycles. The molecule has 4 nitrogen and oxygen atoms in total. The summed E-state index contributed by atoms with van der Waals surface area (Å²) in [4.78, 5) is 11.5. The zero-order valence-electron chi connectivity index (χ0n) is 9.78. The second-order valence-corrected chi connectivity index (χ2v) is 4.66. The molecule has 88 valence electrons. The number of ether oxygens (including phenoxy) is 1. The minimum atomic E-state index is -0.487. The van der Waals surface area contributed by atoms with Crippen molar-refractivity contribution in [3.05, 3.63) is 23.8 Å². The van der Waals surface area contributed by atoms with Gasteiger partial charge in [0.1, 0.15) is 11.4 Å². The molecule has 0 bridgehead atoms. The van der Waals surface area contributed by atoms with Gasteiger partial charge in [-0.05, 0) is 38.5 Å². The average Bonchev–Trinajstić information content (AvgIpc) is 2.08. The van der Waals surface area contributed by atoms with Crippen molar-refractivity contribution >= 4 is 11.7 Å². The SMILES string of the molecule is CC(C)(C)OC(=O)Cc1ccc(O)c(N)c1. The topological polar surface area (TPSA) is 72.5 Å². The average molecular weight is 223 g/mol. The van der Waals surface area contributed by atoms with Gasteiger partial charge in [0.15, 0.2) is 0 Å². The Labute approximate surface area is 95.0 Å². The molecule has 16 heavy (non-hydrogen) atoms. The van der Waals surface area contributed by atoms with E-state index in [9.17, 15) is 9.90 Å². The highest BCUT2D eigenvalue weighted by Crippen LogP contribution is 2.21. The van der Waals surface area contributed by atoms with Crippen LogP contribution >= 0.6 is 0 Å². The predicted octanol–water partition coefficient (Wildman–Crippen LogP) is 1.86. The molecular weight excluding hydrogens is 206 g/mol. The molecule has 4 heteroatoms. The van der Waals surface area contributed by atoms with Crippen molar-refractivity contribution < 1.29 is 14.6 Å². The van der Waals surface area contributed by atoms with Gasteiger partial charge in [0.25, 0.3) is 0 Å². The molecular formula is C12H17NO3. The first-order valence-electron chi connectivity index (χ1n) is 5.07. The van der Waals surface area contributed by atoms with Gasteiger partial charge in [-0.2, -0.15) is 0 Å². The van der Waals surface area contributed by atoms with E-state index < -0.39 is 5.60 Å². The number of anilines is 1. The van der Waals surface area contributed by atoms with Crippen LogP contribution in [0.4, 0.5) is 5.69 Å². The van der Waals surface area contributed by atoms with E-state index in [1.54, 1.807) is 12.1 Å². The number of carbonyl (C=O) groups is 1. The van der Waals surface area contributed by atoms with Crippen LogP contribution in [0.5, 0.6) is 5.75 Å². The molecule has 0 aliphatic rings. The molecule has 0 aliphatic heterocycles. The van der Waals surface area contributed by atoms with Crippen LogP contribution in [-0.2, 0) is 16.0 Å². The summed E-state index contributed by atoms with van der Waals surface area (Å²) in [5.74, 6) is -0.287. The van der Waals surface area contributed by atoms with Crippen LogP contribution in [0.2, 0.25) is 0 Å². The van der Waals surface area contributed by atoms with E-state index in [2.05, 4.69) is 0 Å². The lowest BCUT2D eigenvalue weighted by atomic mass is 10.1. The standard InChI is InChI=1S/C12H17NO3/c1-12(2,3)16-11(15)7-8-4-5-10(14)9(13)6-8/h4-6,14H,7,13H2,1-3H3. The summed E-state index contributed by atoms with van der Waals surface area (Å²) >= 11 is 0. The highest BCUT2D eigenvalue weighted by Gasteiger charge is 2.16. The molecule has 0 atom stereocenters. The number of phenolic OH excluding ortho intramolecular Hbond substituents is 1. The van der Waals surface area contributed by atoms with Crippen molar-refractivity contribution in [1.29, 1.82) is 0 Å². The van der Waals surface area contributed by atoms with Gasteiger partial charge in [0.2, 0.25) is 0 Å². The zero-order chi connectivity index (χ0) is 12.3. The van der Waals surface area contributed by atoms with Gasteiger partial charge in [-0.3, -0.25) is 4.79 Å². The van der Waals surface area contributed by atoms with E-state index in [1.807, 2.05) is 20.8 Å². The highest BCUT2D eigenvalue weighted by atomic mass is 16.6. The third-order valence-corrected chi connectivity index (χ3v) is 1.86. The van der Waals surface area contributed by atoms with Crippen molar-refractivity contribution in [2.75, 3.05) is 5.73 Å². The number of aromatic hydroxyl groups is 1. The van der Waals surface area contributed by atoms with E-state index in [1.165, 1.54) is 6.07 Å². The number of hydrogen-bond donors (Lipinski definition) is 2. The Morgan fingerprint density at radius 1 is 1.44 bits per heavy atom. The molecule has 0 heterocycles. The van der Waals surface area contributed by atoms with Gasteiger partial charge in [0.05, 0.1) is 12.1 Å². The van der Waals surface area contributed by atoms with E-state index >= 15 is 0 Å². The van der Waals surface area contributed by atoms with Crippen LogP contribution in [0, 0.1) is 0 Å². The minimum Gasteiger partial charge on any atom is -0.506 e. The number of benzene rings is 1. The van der Waals surface area contributed by atoms with Crippen molar-refractivity contribution in [2.24, 2.45) is 0 Å². The Balaban J connectivity index is 2.67. The number of hydrogen-bond acceptors (Lipinski definition) is 4. The number of nitrogen functional groups attached to an aromatic ring is 1. The van der Waals surface area contributed by atoms with Crippen LogP contribution < -0.4 is 5.73 Å². The fourth-order valence-electron chi connectivity index (χ4n) is 1.26. The maximum Gasteiger partial charge on any atom is 0.310 e. The molecule has 0 amide bonds. The predicted molar refractivity (Wildman–Crippen MR) is 62.1 cm³/mol. The van der Waals surface area contributed by atoms with E-state index in [0.29, 0.717) is 0 Å². The normalized spacial score (nSPS) is 11.2. The lowest BCUT2D eigenvalue weighted by Crippen LogP contribution is -2.24. The Hall–Kier alpha value is -1.71. The summed E-state index contributed by atoms with van der Waals surface area (Å²) in [7, 11) is 0. The minimum absolute atomic E-state index is 0.0212. The summed E-state index contributed by atoms with van der Waals surface area (Å²) in [5, 5.41) is 9.22. The monoisotopic (exact) mass is 223 g/mol. The first kappa shape index (κ1) is 12.4. The third kappa shape index (κ3) is 3.81. The van der Waals surface area contributed by atoms with E-state index in [4.69, 9.17) is 10.5 Å². The van der Waals surface area contributed by atoms with Crippen molar-refractivity contribution in [3.63, 3.8) is 0 Å². The second-order valence-electron chi connectivity index (χ2n) is 4.66. The molecule has 0 spiro atoms. The van der Waals surface area contributed by atoms with Crippen LogP contribution in [0.1, 0.15) is 26.3 Å². The third-order valence-electron chi connectivity index (χ3n) is 1.86. The molecule has 1 aromatic rings. The molecule has 1 rings (SSSR count). The van der Waals surface area contributed by atoms with E-state index in [0.717, 1.165) is 5.56 Å². The Kier molecular flexibility index (Phi) is 3.42. The smallest absolute Gasteiger partial charge is 0.310 e. The van der Waals surface area contributed by atoms with Gasteiger partial charge < -0.3 is 15.6 Å². The molecule has 0 aromatic heterocycles. The molecule has 0 radical (unpaired) electrons. The molecule has 3 N–H and O–H groups in total. The van der Waals surface area contributed by atoms with Gasteiger partial charge >= 0.3 is 5.97 Å². The van der Waals surface area contributed by atoms with Crippen molar-refractivity contribution in [2.45, 2.75) is 32.8 Å². The van der Waals surface area contributed by atoms with Crippen molar-refractivity contribution in [3.8, 4) is 5.75 Å². The largest absolute Gasteiger partial charge is 0.506 e. The Bertz CT molecular complexity index is 394. The summed E-state index contributed by atoms with van der Waals surface area (Å²) in [6, 6.07) is 4.68. The lowest BCUT2D eigenvalue weighted by molar-refractivity contribution is -0.153. The van der Waals surface area contributed by atoms with Crippen LogP contribution in [0.15, 0.2) is 18.2 Å². The second kappa shape index (κ2) is 4.43. The number of nitrogens with two attached hydrogens (primary N) is 1. The fourth-order valence-corrected chi connectivity index (χ4v) is 1.26. The maximum absolute atomic E-state index is 11.5. The molecule has 0 saturated carbocycles. The Morgan fingerprint density at radius 2 is 2.06 bits per heavy atom. The van der Waals surface area contributed by atoms with Gasteiger partial charge in [-0.15, -0.1) is 0 Å². The fraction of sp³-hybridized carbons (Fsp3) is 0.417. The highest BCUT2D eigenvalue weighted by molar-refractivity contribution is 5.73. The number of phenols is 1. The molecule has 1 aromatic carbocycles. The van der Waals surface area contributed by atoms with Crippen molar-refractivity contribution in [1.82, 2.24) is 0 Å². The summed E-state index contributed by atoms with van der Waals surface area (Å²) in [6.07, 6.45) is 0.155. The van der Waals surface area contributed by atoms with Gasteiger partial charge in [0, 0.05) is 0 Å². The van der Waals surface area contributed by atoms with Crippen LogP contribution in [0.3, 0.4) is 0 Å². The number of esters is 1. The Morgan fingerprint density at radius 3 is 2.56 bits per heavy atom. The van der Waals surface area contributed by atoms with E-state index in [-0.39, 0.29) is 23.8 Å². The molecule has 0 unspecified atom stereocenters. The first-order chi connectivity index (χ1) is 7.28. The quantitative estimate of drug-likeness (QED) is 0.456. The van der Waals surface area contributed by atoms with Gasteiger partial charge in [-0.25, -0.2) is 0 Å². The summed E-state index contributed by atoms with van der Waals surface area (Å²) < 4.78 is 5.17. The zero-order valence-corrected chi connectivity index (χ0v) is 9.78. The van der Waals surface area contributed by atoms with Crippen LogP contribution in [-0.4, -0.2) is 16.7 Å². The number of carbonyl (C=O) groups excluding carboxylic acids is 1. The number of rotatable bonds is 2.